The van der Waals surface area contributed by atoms with Crippen molar-refractivity contribution in [2.75, 3.05) is 19.6 Å². The number of carbonyl (C=O) groups excluding carboxylic acids is 5. The Balaban J connectivity index is 1.27. The van der Waals surface area contributed by atoms with Crippen molar-refractivity contribution >= 4 is 40.7 Å². The van der Waals surface area contributed by atoms with Crippen molar-refractivity contribution in [2.24, 2.45) is 0 Å². The van der Waals surface area contributed by atoms with Crippen LogP contribution in [0, 0.1) is 0 Å². The molecule has 0 saturated carbocycles. The summed E-state index contributed by atoms with van der Waals surface area (Å²) >= 11 is 0. The number of esters is 2. The SMILES string of the molecule is CC[C@@]1(OC(=O)CNC(=O)CNC(=O)CNC(=O)OC(C)(C)C)C(=O)OCc2c1cc1n(c2=O)Cc2cc3ccccc3nc2-1. The Labute approximate surface area is 257 Å². The number of carbonyl (C=O) groups is 5. The van der Waals surface area contributed by atoms with E-state index in [9.17, 15) is 28.8 Å². The van der Waals surface area contributed by atoms with Gasteiger partial charge in [-0.3, -0.25) is 19.2 Å². The van der Waals surface area contributed by atoms with Crippen LogP contribution in [0.25, 0.3) is 22.3 Å². The zero-order valence-corrected chi connectivity index (χ0v) is 25.3. The molecule has 2 aromatic heterocycles. The van der Waals surface area contributed by atoms with Crippen molar-refractivity contribution in [3.63, 3.8) is 0 Å². The maximum Gasteiger partial charge on any atom is 0.408 e. The molecule has 0 fully saturated rings. The maximum atomic E-state index is 13.6. The lowest BCUT2D eigenvalue weighted by Gasteiger charge is -2.35. The number of hydrogen-bond acceptors (Lipinski definition) is 10. The zero-order chi connectivity index (χ0) is 32.5. The van der Waals surface area contributed by atoms with Crippen molar-refractivity contribution in [2.45, 2.75) is 58.5 Å². The molecule has 0 radical (unpaired) electrons. The summed E-state index contributed by atoms with van der Waals surface area (Å²) in [6.45, 7) is 5.10. The smallest absolute Gasteiger partial charge is 0.408 e. The van der Waals surface area contributed by atoms with E-state index in [0.29, 0.717) is 17.9 Å². The number of aromatic nitrogens is 2. The van der Waals surface area contributed by atoms with Crippen LogP contribution in [-0.4, -0.2) is 64.6 Å². The van der Waals surface area contributed by atoms with E-state index in [-0.39, 0.29) is 29.7 Å². The number of para-hydroxylation sites is 1. The first-order valence-electron chi connectivity index (χ1n) is 14.4. The van der Waals surface area contributed by atoms with Gasteiger partial charge in [-0.1, -0.05) is 25.1 Å². The largest absolute Gasteiger partial charge is 0.457 e. The quantitative estimate of drug-likeness (QED) is 0.192. The Morgan fingerprint density at radius 3 is 2.40 bits per heavy atom. The minimum atomic E-state index is -1.93. The molecular formula is C31H33N5O9. The average Bonchev–Trinajstić information content (AvgIpc) is 3.35. The summed E-state index contributed by atoms with van der Waals surface area (Å²) in [5.74, 6) is -3.18. The fraction of sp³-hybridized carbons (Fsp3) is 0.387. The molecule has 1 atom stereocenters. The number of alkyl carbamates (subject to hydrolysis) is 1. The number of pyridine rings is 2. The Morgan fingerprint density at radius 1 is 1.00 bits per heavy atom. The van der Waals surface area contributed by atoms with Crippen LogP contribution in [0.3, 0.4) is 0 Å². The molecule has 45 heavy (non-hydrogen) atoms. The van der Waals surface area contributed by atoms with Gasteiger partial charge in [-0.15, -0.1) is 0 Å². The average molecular weight is 620 g/mol. The predicted molar refractivity (Wildman–Crippen MR) is 159 cm³/mol. The van der Waals surface area contributed by atoms with Crippen LogP contribution >= 0.6 is 0 Å². The summed E-state index contributed by atoms with van der Waals surface area (Å²) in [4.78, 5) is 80.4. The molecule has 5 rings (SSSR count). The molecule has 2 aliphatic heterocycles. The van der Waals surface area contributed by atoms with Crippen molar-refractivity contribution in [3.05, 3.63) is 63.4 Å². The van der Waals surface area contributed by atoms with Crippen molar-refractivity contribution in [1.82, 2.24) is 25.5 Å². The van der Waals surface area contributed by atoms with Crippen LogP contribution in [0.15, 0.2) is 41.2 Å². The minimum Gasteiger partial charge on any atom is -0.457 e. The zero-order valence-electron chi connectivity index (χ0n) is 25.3. The highest BCUT2D eigenvalue weighted by atomic mass is 16.6. The van der Waals surface area contributed by atoms with Gasteiger partial charge in [-0.2, -0.15) is 0 Å². The van der Waals surface area contributed by atoms with Gasteiger partial charge in [0.2, 0.25) is 17.4 Å². The van der Waals surface area contributed by atoms with E-state index in [1.54, 1.807) is 38.3 Å². The fourth-order valence-electron chi connectivity index (χ4n) is 5.25. The number of cyclic esters (lactones) is 1. The molecule has 3 N–H and O–H groups in total. The molecule has 14 heteroatoms. The van der Waals surface area contributed by atoms with Crippen LogP contribution in [0.4, 0.5) is 4.79 Å². The van der Waals surface area contributed by atoms with Gasteiger partial charge in [0.05, 0.1) is 35.6 Å². The van der Waals surface area contributed by atoms with E-state index in [4.69, 9.17) is 19.2 Å². The second-order valence-corrected chi connectivity index (χ2v) is 11.6. The molecule has 0 bridgehead atoms. The summed E-state index contributed by atoms with van der Waals surface area (Å²) in [7, 11) is 0. The number of nitrogens with one attached hydrogen (secondary N) is 3. The molecule has 4 heterocycles. The van der Waals surface area contributed by atoms with E-state index >= 15 is 0 Å². The van der Waals surface area contributed by atoms with Crippen molar-refractivity contribution < 1.29 is 38.2 Å². The number of ether oxygens (including phenoxy) is 3. The number of amides is 3. The number of nitrogens with zero attached hydrogens (tertiary/aromatic N) is 2. The lowest BCUT2D eigenvalue weighted by molar-refractivity contribution is -0.189. The summed E-state index contributed by atoms with van der Waals surface area (Å²) in [6, 6.07) is 11.2. The molecule has 3 aromatic rings. The maximum absolute atomic E-state index is 13.6. The van der Waals surface area contributed by atoms with Crippen LogP contribution in [0.2, 0.25) is 0 Å². The summed E-state index contributed by atoms with van der Waals surface area (Å²) in [5.41, 5.74) is 0.0378. The normalized spacial score (nSPS) is 16.5. The van der Waals surface area contributed by atoms with Gasteiger partial charge in [0.1, 0.15) is 25.3 Å². The van der Waals surface area contributed by atoms with Crippen LogP contribution < -0.4 is 21.5 Å². The lowest BCUT2D eigenvalue weighted by Crippen LogP contribution is -2.49. The highest BCUT2D eigenvalue weighted by Gasteiger charge is 2.50. The lowest BCUT2D eigenvalue weighted by atomic mass is 9.85. The molecule has 0 spiro atoms. The number of hydrogen-bond donors (Lipinski definition) is 3. The highest BCUT2D eigenvalue weighted by Crippen LogP contribution is 2.40. The molecule has 0 saturated heterocycles. The van der Waals surface area contributed by atoms with E-state index in [2.05, 4.69) is 16.0 Å². The standard InChI is InChI=1S/C31H33N5O9/c1-5-31(44-25(39)14-33-23(37)12-32-24(38)13-34-29(42)45-30(2,3)4)20-11-22-26-18(10-17-8-6-7-9-21(17)35-26)15-36(22)27(40)19(20)16-43-28(31)41/h6-11H,5,12-16H2,1-4H3,(H,32,38)(H,33,37)(H,34,42)/t31-/m0/s1. The molecule has 2 aliphatic rings. The first kappa shape index (κ1) is 31.2. The summed E-state index contributed by atoms with van der Waals surface area (Å²) < 4.78 is 17.6. The van der Waals surface area contributed by atoms with Gasteiger partial charge in [-0.25, -0.2) is 14.6 Å². The molecule has 0 aliphatic carbocycles. The van der Waals surface area contributed by atoms with Crippen molar-refractivity contribution in [3.8, 4) is 11.4 Å². The van der Waals surface area contributed by atoms with E-state index in [1.807, 2.05) is 30.3 Å². The third-order valence-corrected chi connectivity index (χ3v) is 7.34. The van der Waals surface area contributed by atoms with E-state index in [1.165, 1.54) is 0 Å². The van der Waals surface area contributed by atoms with Gasteiger partial charge in [0.15, 0.2) is 0 Å². The Kier molecular flexibility index (Phi) is 8.32. The van der Waals surface area contributed by atoms with Gasteiger partial charge in [0.25, 0.3) is 5.56 Å². The second-order valence-electron chi connectivity index (χ2n) is 11.6. The molecule has 236 valence electrons. The van der Waals surface area contributed by atoms with Gasteiger partial charge in [0, 0.05) is 16.5 Å². The minimum absolute atomic E-state index is 0.0415. The number of fused-ring (bicyclic) bond motifs is 5. The summed E-state index contributed by atoms with van der Waals surface area (Å²) in [5, 5.41) is 7.81. The topological polar surface area (TPSA) is 184 Å². The first-order valence-corrected chi connectivity index (χ1v) is 14.4. The monoisotopic (exact) mass is 619 g/mol. The Bertz CT molecular complexity index is 1790. The highest BCUT2D eigenvalue weighted by molar-refractivity contribution is 5.91. The van der Waals surface area contributed by atoms with E-state index in [0.717, 1.165) is 16.5 Å². The van der Waals surface area contributed by atoms with E-state index < -0.39 is 60.7 Å². The predicted octanol–water partition coefficient (Wildman–Crippen LogP) is 1.39. The molecular weight excluding hydrogens is 586 g/mol. The van der Waals surface area contributed by atoms with Gasteiger partial charge >= 0.3 is 18.0 Å². The van der Waals surface area contributed by atoms with Crippen LogP contribution in [-0.2, 0) is 52.1 Å². The Morgan fingerprint density at radius 2 is 1.69 bits per heavy atom. The molecule has 3 amide bonds. The third-order valence-electron chi connectivity index (χ3n) is 7.34. The van der Waals surface area contributed by atoms with Crippen LogP contribution in [0.1, 0.15) is 50.8 Å². The number of benzene rings is 1. The van der Waals surface area contributed by atoms with Crippen LogP contribution in [0.5, 0.6) is 0 Å². The number of rotatable bonds is 8. The van der Waals surface area contributed by atoms with Gasteiger partial charge < -0.3 is 34.7 Å². The second kappa shape index (κ2) is 12.0. The third kappa shape index (κ3) is 6.35. The summed E-state index contributed by atoms with van der Waals surface area (Å²) in [6.07, 6.45) is -0.834. The fourth-order valence-corrected chi connectivity index (χ4v) is 5.25. The Hall–Kier alpha value is -5.27. The molecule has 1 aromatic carbocycles. The molecule has 14 nitrogen and oxygen atoms in total. The molecule has 0 unspecified atom stereocenters. The van der Waals surface area contributed by atoms with Crippen molar-refractivity contribution in [1.29, 1.82) is 0 Å². The van der Waals surface area contributed by atoms with Gasteiger partial charge in [-0.05, 0) is 45.4 Å². The first-order chi connectivity index (χ1) is 21.3.